The second kappa shape index (κ2) is 6.03. The largest absolute Gasteiger partial charge is 0.345 e. The summed E-state index contributed by atoms with van der Waals surface area (Å²) in [4.78, 5) is 7.39. The second-order valence-electron chi connectivity index (χ2n) is 4.61. The summed E-state index contributed by atoms with van der Waals surface area (Å²) in [5.41, 5.74) is 2.41. The van der Waals surface area contributed by atoms with Crippen molar-refractivity contribution in [2.75, 3.05) is 0 Å². The number of imidazole rings is 1. The molecule has 0 radical (unpaired) electrons. The smallest absolute Gasteiger partial charge is 0.103 e. The standard InChI is InChI=1S/C14H18ClN3/c1-10(7-12-3-5-13(15)6-4-12)16-8-14-9-17-11(2)18-14/h3-6,9-10,16H,7-8H2,1-2H3,(H,17,18). The summed E-state index contributed by atoms with van der Waals surface area (Å²) in [7, 11) is 0. The number of halogens is 1. The Balaban J connectivity index is 1.81. The lowest BCUT2D eigenvalue weighted by Crippen LogP contribution is -2.27. The third-order valence-electron chi connectivity index (χ3n) is 2.85. The number of aromatic amines is 1. The van der Waals surface area contributed by atoms with Crippen LogP contribution in [0.5, 0.6) is 0 Å². The molecule has 1 heterocycles. The van der Waals surface area contributed by atoms with Gasteiger partial charge in [0.25, 0.3) is 0 Å². The molecule has 0 saturated carbocycles. The molecule has 1 aromatic heterocycles. The molecular weight excluding hydrogens is 246 g/mol. The van der Waals surface area contributed by atoms with Gasteiger partial charge < -0.3 is 10.3 Å². The number of aryl methyl sites for hydroxylation is 1. The maximum Gasteiger partial charge on any atom is 0.103 e. The molecule has 2 rings (SSSR count). The predicted octanol–water partition coefficient (Wildman–Crippen LogP) is 3.09. The Bertz CT molecular complexity index is 490. The van der Waals surface area contributed by atoms with Crippen molar-refractivity contribution < 1.29 is 0 Å². The highest BCUT2D eigenvalue weighted by molar-refractivity contribution is 6.30. The number of aromatic nitrogens is 2. The Morgan fingerprint density at radius 3 is 2.67 bits per heavy atom. The Hall–Kier alpha value is -1.32. The zero-order chi connectivity index (χ0) is 13.0. The van der Waals surface area contributed by atoms with Crippen molar-refractivity contribution in [3.8, 4) is 0 Å². The second-order valence-corrected chi connectivity index (χ2v) is 5.04. The van der Waals surface area contributed by atoms with Gasteiger partial charge in [-0.1, -0.05) is 23.7 Å². The monoisotopic (exact) mass is 263 g/mol. The first-order chi connectivity index (χ1) is 8.63. The van der Waals surface area contributed by atoms with Crippen molar-refractivity contribution in [2.24, 2.45) is 0 Å². The summed E-state index contributed by atoms with van der Waals surface area (Å²) < 4.78 is 0. The number of hydrogen-bond acceptors (Lipinski definition) is 2. The Labute approximate surface area is 113 Å². The maximum atomic E-state index is 5.87. The van der Waals surface area contributed by atoms with Gasteiger partial charge in [-0.3, -0.25) is 0 Å². The lowest BCUT2D eigenvalue weighted by atomic mass is 10.1. The van der Waals surface area contributed by atoms with Gasteiger partial charge in [0.15, 0.2) is 0 Å². The fraction of sp³-hybridized carbons (Fsp3) is 0.357. The molecule has 1 unspecified atom stereocenters. The molecule has 2 N–H and O–H groups in total. The van der Waals surface area contributed by atoms with E-state index in [4.69, 9.17) is 11.6 Å². The molecule has 0 aliphatic carbocycles. The molecule has 0 saturated heterocycles. The van der Waals surface area contributed by atoms with Crippen LogP contribution in [0.2, 0.25) is 5.02 Å². The summed E-state index contributed by atoms with van der Waals surface area (Å²) >= 11 is 5.87. The number of benzene rings is 1. The van der Waals surface area contributed by atoms with E-state index < -0.39 is 0 Å². The first-order valence-electron chi connectivity index (χ1n) is 6.12. The SMILES string of the molecule is Cc1ncc(CNC(C)Cc2ccc(Cl)cc2)[nH]1. The molecular formula is C14H18ClN3. The molecule has 3 nitrogen and oxygen atoms in total. The predicted molar refractivity (Wildman–Crippen MR) is 74.8 cm³/mol. The molecule has 4 heteroatoms. The van der Waals surface area contributed by atoms with Crippen LogP contribution < -0.4 is 5.32 Å². The highest BCUT2D eigenvalue weighted by atomic mass is 35.5. The van der Waals surface area contributed by atoms with Crippen molar-refractivity contribution in [2.45, 2.75) is 32.9 Å². The van der Waals surface area contributed by atoms with Crippen LogP contribution in [0.1, 0.15) is 24.0 Å². The fourth-order valence-electron chi connectivity index (χ4n) is 1.89. The van der Waals surface area contributed by atoms with Crippen LogP contribution >= 0.6 is 11.6 Å². The normalized spacial score (nSPS) is 12.6. The van der Waals surface area contributed by atoms with Gasteiger partial charge >= 0.3 is 0 Å². The average molecular weight is 264 g/mol. The average Bonchev–Trinajstić information content (AvgIpc) is 2.76. The minimum absolute atomic E-state index is 0.412. The summed E-state index contributed by atoms with van der Waals surface area (Å²) in [5.74, 6) is 0.956. The zero-order valence-electron chi connectivity index (χ0n) is 10.7. The first-order valence-corrected chi connectivity index (χ1v) is 6.49. The quantitative estimate of drug-likeness (QED) is 0.870. The van der Waals surface area contributed by atoms with Crippen LogP contribution in [0.15, 0.2) is 30.5 Å². The highest BCUT2D eigenvalue weighted by Crippen LogP contribution is 2.11. The minimum atomic E-state index is 0.412. The van der Waals surface area contributed by atoms with E-state index in [-0.39, 0.29) is 0 Å². The van der Waals surface area contributed by atoms with E-state index in [2.05, 4.69) is 34.3 Å². The third kappa shape index (κ3) is 3.86. The Kier molecular flexibility index (Phi) is 4.39. The van der Waals surface area contributed by atoms with Crippen molar-refractivity contribution >= 4 is 11.6 Å². The van der Waals surface area contributed by atoms with Gasteiger partial charge in [0.2, 0.25) is 0 Å². The van der Waals surface area contributed by atoms with Gasteiger partial charge in [-0.15, -0.1) is 0 Å². The number of rotatable bonds is 5. The molecule has 0 aliphatic heterocycles. The van der Waals surface area contributed by atoms with Gasteiger partial charge in [-0.25, -0.2) is 4.98 Å². The Morgan fingerprint density at radius 2 is 2.06 bits per heavy atom. The number of H-pyrrole nitrogens is 1. The summed E-state index contributed by atoms with van der Waals surface area (Å²) in [5, 5.41) is 4.26. The van der Waals surface area contributed by atoms with Crippen LogP contribution in [0.4, 0.5) is 0 Å². The lowest BCUT2D eigenvalue weighted by Gasteiger charge is -2.13. The molecule has 0 aliphatic rings. The molecule has 0 bridgehead atoms. The van der Waals surface area contributed by atoms with Gasteiger partial charge in [-0.05, 0) is 38.0 Å². The van der Waals surface area contributed by atoms with Crippen LogP contribution in [-0.4, -0.2) is 16.0 Å². The van der Waals surface area contributed by atoms with Crippen LogP contribution in [-0.2, 0) is 13.0 Å². The van der Waals surface area contributed by atoms with E-state index in [9.17, 15) is 0 Å². The van der Waals surface area contributed by atoms with E-state index in [1.165, 1.54) is 5.56 Å². The summed E-state index contributed by atoms with van der Waals surface area (Å²) in [6.07, 6.45) is 2.86. The van der Waals surface area contributed by atoms with Gasteiger partial charge in [-0.2, -0.15) is 0 Å². The zero-order valence-corrected chi connectivity index (χ0v) is 11.5. The van der Waals surface area contributed by atoms with Crippen molar-refractivity contribution in [1.29, 1.82) is 0 Å². The topological polar surface area (TPSA) is 40.7 Å². The molecule has 2 aromatic rings. The third-order valence-corrected chi connectivity index (χ3v) is 3.10. The van der Waals surface area contributed by atoms with Crippen molar-refractivity contribution in [3.05, 3.63) is 52.6 Å². The Morgan fingerprint density at radius 1 is 1.33 bits per heavy atom. The minimum Gasteiger partial charge on any atom is -0.345 e. The highest BCUT2D eigenvalue weighted by Gasteiger charge is 2.04. The van der Waals surface area contributed by atoms with E-state index in [0.717, 1.165) is 29.5 Å². The molecule has 0 amide bonds. The number of nitrogens with one attached hydrogen (secondary N) is 2. The molecule has 0 spiro atoms. The number of nitrogens with zero attached hydrogens (tertiary/aromatic N) is 1. The van der Waals surface area contributed by atoms with E-state index >= 15 is 0 Å². The van der Waals surface area contributed by atoms with Crippen LogP contribution in [0.3, 0.4) is 0 Å². The van der Waals surface area contributed by atoms with Gasteiger partial charge in [0, 0.05) is 29.5 Å². The molecule has 96 valence electrons. The summed E-state index contributed by atoms with van der Waals surface area (Å²) in [6.45, 7) is 4.95. The first kappa shape index (κ1) is 13.1. The maximum absolute atomic E-state index is 5.87. The van der Waals surface area contributed by atoms with Crippen molar-refractivity contribution in [3.63, 3.8) is 0 Å². The van der Waals surface area contributed by atoms with Gasteiger partial charge in [0.1, 0.15) is 5.82 Å². The number of hydrogen-bond donors (Lipinski definition) is 2. The molecule has 18 heavy (non-hydrogen) atoms. The van der Waals surface area contributed by atoms with E-state index in [0.29, 0.717) is 6.04 Å². The van der Waals surface area contributed by atoms with Crippen LogP contribution in [0.25, 0.3) is 0 Å². The van der Waals surface area contributed by atoms with Gasteiger partial charge in [0.05, 0.1) is 0 Å². The van der Waals surface area contributed by atoms with Crippen molar-refractivity contribution in [1.82, 2.24) is 15.3 Å². The summed E-state index contributed by atoms with van der Waals surface area (Å²) in [6, 6.07) is 8.42. The molecule has 1 atom stereocenters. The van der Waals surface area contributed by atoms with Crippen LogP contribution in [0, 0.1) is 6.92 Å². The van der Waals surface area contributed by atoms with E-state index in [1.54, 1.807) is 0 Å². The lowest BCUT2D eigenvalue weighted by molar-refractivity contribution is 0.540. The fourth-order valence-corrected chi connectivity index (χ4v) is 2.02. The molecule has 0 fully saturated rings. The molecule has 1 aromatic carbocycles. The van der Waals surface area contributed by atoms with E-state index in [1.807, 2.05) is 25.3 Å².